The van der Waals surface area contributed by atoms with E-state index in [1.807, 2.05) is 38.1 Å². The predicted octanol–water partition coefficient (Wildman–Crippen LogP) is 7.76. The minimum atomic E-state index is -0.572. The van der Waals surface area contributed by atoms with Gasteiger partial charge in [0.2, 0.25) is 0 Å². The number of amides is 2. The molecular weight excluding hydrogens is 569 g/mol. The Hall–Kier alpha value is -2.81. The summed E-state index contributed by atoms with van der Waals surface area (Å²) < 4.78 is 26.7. The van der Waals surface area contributed by atoms with Crippen molar-refractivity contribution in [2.75, 3.05) is 6.61 Å². The number of halogens is 3. The van der Waals surface area contributed by atoms with Crippen molar-refractivity contribution < 1.29 is 23.5 Å². The Morgan fingerprint density at radius 1 is 1.11 bits per heavy atom. The highest BCUT2D eigenvalue weighted by Gasteiger charge is 2.36. The van der Waals surface area contributed by atoms with Crippen molar-refractivity contribution in [2.45, 2.75) is 27.0 Å². The zero-order valence-corrected chi connectivity index (χ0v) is 22.7. The zero-order chi connectivity index (χ0) is 25.8. The molecule has 1 aliphatic rings. The Balaban J connectivity index is 1.57. The molecular formula is C27H22BrClFNO4S. The van der Waals surface area contributed by atoms with Gasteiger partial charge in [0.25, 0.3) is 11.1 Å². The molecule has 5 nitrogen and oxygen atoms in total. The van der Waals surface area contributed by atoms with Crippen LogP contribution in [0, 0.1) is 12.7 Å². The fourth-order valence-corrected chi connectivity index (χ4v) is 5.30. The van der Waals surface area contributed by atoms with Crippen LogP contribution in [0.4, 0.5) is 9.18 Å². The molecule has 4 rings (SSSR count). The maximum absolute atomic E-state index is 14.2. The Labute approximate surface area is 226 Å². The first-order valence-corrected chi connectivity index (χ1v) is 13.1. The number of thioether (sulfide) groups is 1. The molecule has 0 radical (unpaired) electrons. The number of carbonyl (C=O) groups is 2. The summed E-state index contributed by atoms with van der Waals surface area (Å²) in [4.78, 5) is 26.7. The van der Waals surface area contributed by atoms with E-state index in [2.05, 4.69) is 15.9 Å². The largest absolute Gasteiger partial charge is 0.490 e. The lowest BCUT2D eigenvalue weighted by Gasteiger charge is -2.15. The molecule has 0 unspecified atom stereocenters. The van der Waals surface area contributed by atoms with E-state index in [4.69, 9.17) is 21.1 Å². The molecule has 9 heteroatoms. The third-order valence-corrected chi connectivity index (χ3v) is 7.20. The molecule has 1 fully saturated rings. The Bertz CT molecular complexity index is 1340. The summed E-state index contributed by atoms with van der Waals surface area (Å²) in [6.45, 7) is 4.41. The summed E-state index contributed by atoms with van der Waals surface area (Å²) in [6.07, 6.45) is 1.60. The summed E-state index contributed by atoms with van der Waals surface area (Å²) in [6, 6.07) is 15.8. The maximum Gasteiger partial charge on any atom is 0.293 e. The minimum Gasteiger partial charge on any atom is -0.490 e. The van der Waals surface area contributed by atoms with Crippen molar-refractivity contribution in [1.29, 1.82) is 0 Å². The molecule has 0 N–H and O–H groups in total. The maximum atomic E-state index is 14.2. The van der Waals surface area contributed by atoms with Gasteiger partial charge >= 0.3 is 0 Å². The van der Waals surface area contributed by atoms with Crippen LogP contribution in [0.2, 0.25) is 5.02 Å². The lowest BCUT2D eigenvalue weighted by Crippen LogP contribution is -2.28. The van der Waals surface area contributed by atoms with E-state index >= 15 is 0 Å². The number of hydrogen-bond donors (Lipinski definition) is 0. The van der Waals surface area contributed by atoms with Crippen molar-refractivity contribution in [2.24, 2.45) is 0 Å². The molecule has 1 saturated heterocycles. The fraction of sp³-hybridized carbons (Fsp3) is 0.185. The molecule has 36 heavy (non-hydrogen) atoms. The zero-order valence-electron chi connectivity index (χ0n) is 19.5. The highest BCUT2D eigenvalue weighted by atomic mass is 79.9. The van der Waals surface area contributed by atoms with Crippen LogP contribution in [0.15, 0.2) is 64.0 Å². The number of nitrogens with zero attached hydrogens (tertiary/aromatic N) is 1. The van der Waals surface area contributed by atoms with Crippen molar-refractivity contribution in [3.8, 4) is 11.5 Å². The van der Waals surface area contributed by atoms with Crippen LogP contribution in [0.1, 0.15) is 29.2 Å². The van der Waals surface area contributed by atoms with Crippen molar-refractivity contribution in [3.63, 3.8) is 0 Å². The van der Waals surface area contributed by atoms with E-state index in [-0.39, 0.29) is 22.0 Å². The molecule has 1 heterocycles. The van der Waals surface area contributed by atoms with Gasteiger partial charge in [-0.15, -0.1) is 0 Å². The topological polar surface area (TPSA) is 55.8 Å². The summed E-state index contributed by atoms with van der Waals surface area (Å²) in [7, 11) is 0. The van der Waals surface area contributed by atoms with Crippen molar-refractivity contribution >= 4 is 56.5 Å². The normalized spacial score (nSPS) is 14.6. The van der Waals surface area contributed by atoms with Crippen LogP contribution in [-0.4, -0.2) is 22.7 Å². The van der Waals surface area contributed by atoms with E-state index in [9.17, 15) is 14.0 Å². The number of hydrogen-bond acceptors (Lipinski definition) is 5. The molecule has 0 saturated carbocycles. The number of rotatable bonds is 8. The molecule has 0 spiro atoms. The highest BCUT2D eigenvalue weighted by Crippen LogP contribution is 2.40. The van der Waals surface area contributed by atoms with Crippen LogP contribution >= 0.6 is 39.3 Å². The van der Waals surface area contributed by atoms with Gasteiger partial charge in [-0.3, -0.25) is 14.5 Å². The van der Waals surface area contributed by atoms with Crippen molar-refractivity contribution in [1.82, 2.24) is 4.90 Å². The number of aryl methyl sites for hydroxylation is 1. The van der Waals surface area contributed by atoms with E-state index in [0.29, 0.717) is 34.7 Å². The first-order valence-electron chi connectivity index (χ1n) is 11.1. The Kier molecular flexibility index (Phi) is 8.39. The van der Waals surface area contributed by atoms with Gasteiger partial charge in [-0.25, -0.2) is 4.39 Å². The molecule has 2 amide bonds. The van der Waals surface area contributed by atoms with Gasteiger partial charge in [-0.05, 0) is 83.0 Å². The molecule has 0 bridgehead atoms. The standard InChI is InChI=1S/C27H22BrClFNO4S/c1-3-34-23-12-18(11-20(28)25(23)35-15-17-7-4-6-16(2)10-17)13-24-26(32)31(27(33)36-24)14-19-21(29)8-5-9-22(19)30/h4-13H,3,14-15H2,1-2H3/b24-13-. The summed E-state index contributed by atoms with van der Waals surface area (Å²) in [5, 5.41) is -0.336. The van der Waals surface area contributed by atoms with Gasteiger partial charge in [0.1, 0.15) is 12.4 Å². The van der Waals surface area contributed by atoms with Crippen LogP contribution < -0.4 is 9.47 Å². The van der Waals surface area contributed by atoms with Crippen molar-refractivity contribution in [3.05, 3.63) is 97.1 Å². The van der Waals surface area contributed by atoms with Gasteiger partial charge in [-0.1, -0.05) is 47.5 Å². The second-order valence-corrected chi connectivity index (χ2v) is 10.3. The second kappa shape index (κ2) is 11.5. The Morgan fingerprint density at radius 3 is 2.61 bits per heavy atom. The molecule has 3 aromatic rings. The van der Waals surface area contributed by atoms with Crippen LogP contribution in [-0.2, 0) is 17.9 Å². The fourth-order valence-electron chi connectivity index (χ4n) is 3.66. The monoisotopic (exact) mass is 589 g/mol. The Morgan fingerprint density at radius 2 is 1.89 bits per heavy atom. The summed E-state index contributed by atoms with van der Waals surface area (Å²) in [5.41, 5.74) is 2.90. The van der Waals surface area contributed by atoms with E-state index in [1.165, 1.54) is 18.2 Å². The van der Waals surface area contributed by atoms with E-state index < -0.39 is 17.0 Å². The summed E-state index contributed by atoms with van der Waals surface area (Å²) >= 11 is 10.4. The smallest absolute Gasteiger partial charge is 0.293 e. The number of ether oxygens (including phenoxy) is 2. The molecule has 0 aliphatic carbocycles. The van der Waals surface area contributed by atoms with Gasteiger partial charge in [0.15, 0.2) is 11.5 Å². The third-order valence-electron chi connectivity index (χ3n) is 5.35. The third kappa shape index (κ3) is 5.94. The average molecular weight is 591 g/mol. The quantitative estimate of drug-likeness (QED) is 0.251. The highest BCUT2D eigenvalue weighted by molar-refractivity contribution is 9.10. The lowest BCUT2D eigenvalue weighted by molar-refractivity contribution is -0.123. The molecule has 0 atom stereocenters. The molecule has 1 aliphatic heterocycles. The van der Waals surface area contributed by atoms with Gasteiger partial charge in [0, 0.05) is 10.6 Å². The molecule has 186 valence electrons. The average Bonchev–Trinajstić information content (AvgIpc) is 3.08. The first kappa shape index (κ1) is 26.3. The van der Waals surface area contributed by atoms with Gasteiger partial charge < -0.3 is 9.47 Å². The number of benzene rings is 3. The van der Waals surface area contributed by atoms with E-state index in [1.54, 1.807) is 18.2 Å². The molecule has 0 aromatic heterocycles. The number of imide groups is 1. The van der Waals surface area contributed by atoms with Gasteiger partial charge in [-0.2, -0.15) is 0 Å². The predicted molar refractivity (Wildman–Crippen MR) is 144 cm³/mol. The minimum absolute atomic E-state index is 0.0965. The first-order chi connectivity index (χ1) is 17.3. The van der Waals surface area contributed by atoms with E-state index in [0.717, 1.165) is 27.8 Å². The summed E-state index contributed by atoms with van der Waals surface area (Å²) in [5.74, 6) is -0.0452. The van der Waals surface area contributed by atoms with Crippen LogP contribution in [0.3, 0.4) is 0 Å². The van der Waals surface area contributed by atoms with Crippen LogP contribution in [0.25, 0.3) is 6.08 Å². The van der Waals surface area contributed by atoms with Crippen LogP contribution in [0.5, 0.6) is 11.5 Å². The SMILES string of the molecule is CCOc1cc(/C=C2\SC(=O)N(Cc3c(F)cccc3Cl)C2=O)cc(Br)c1OCc1cccc(C)c1. The second-order valence-electron chi connectivity index (χ2n) is 8.01. The van der Waals surface area contributed by atoms with Gasteiger partial charge in [0.05, 0.1) is 22.5 Å². The molecule has 3 aromatic carbocycles. The number of carbonyl (C=O) groups excluding carboxylic acids is 2. The lowest BCUT2D eigenvalue weighted by atomic mass is 10.1.